The number of ether oxygens (including phenoxy) is 3. The van der Waals surface area contributed by atoms with Crippen molar-refractivity contribution in [2.45, 2.75) is 13.3 Å². The number of carbonyl (C=O) groups is 1. The van der Waals surface area contributed by atoms with Crippen LogP contribution >= 0.6 is 0 Å². The fourth-order valence-corrected chi connectivity index (χ4v) is 3.55. The van der Waals surface area contributed by atoms with E-state index in [1.54, 1.807) is 25.1 Å². The monoisotopic (exact) mass is 402 g/mol. The van der Waals surface area contributed by atoms with Crippen LogP contribution in [0.2, 0.25) is 0 Å². The minimum absolute atomic E-state index is 0.175. The molecule has 0 aromatic heterocycles. The van der Waals surface area contributed by atoms with Crippen LogP contribution in [0, 0.1) is 11.6 Å². The van der Waals surface area contributed by atoms with E-state index in [9.17, 15) is 18.7 Å². The lowest BCUT2D eigenvalue weighted by Crippen LogP contribution is -1.98. The van der Waals surface area contributed by atoms with Gasteiger partial charge in [-0.15, -0.1) is 0 Å². The van der Waals surface area contributed by atoms with Gasteiger partial charge in [0, 0.05) is 11.6 Å². The summed E-state index contributed by atoms with van der Waals surface area (Å²) in [7, 11) is 4.45. The van der Waals surface area contributed by atoms with E-state index in [-0.39, 0.29) is 17.5 Å². The van der Waals surface area contributed by atoms with E-state index in [4.69, 9.17) is 14.2 Å². The van der Waals surface area contributed by atoms with Crippen molar-refractivity contribution in [3.63, 3.8) is 0 Å². The van der Waals surface area contributed by atoms with Crippen LogP contribution in [-0.4, -0.2) is 32.4 Å². The van der Waals surface area contributed by atoms with E-state index in [1.165, 1.54) is 21.3 Å². The molecule has 0 radical (unpaired) electrons. The fraction of sp³-hybridized carbons (Fsp3) is 0.227. The first-order chi connectivity index (χ1) is 13.8. The van der Waals surface area contributed by atoms with Crippen molar-refractivity contribution in [3.05, 3.63) is 58.2 Å². The van der Waals surface area contributed by atoms with Crippen LogP contribution in [0.1, 0.15) is 30.0 Å². The average molecular weight is 402 g/mol. The molecular weight excluding hydrogens is 382 g/mol. The lowest BCUT2D eigenvalue weighted by molar-refractivity contribution is -0.135. The zero-order chi connectivity index (χ0) is 21.3. The van der Waals surface area contributed by atoms with E-state index in [0.29, 0.717) is 39.5 Å². The number of methoxy groups -OCH3 is 3. The zero-order valence-corrected chi connectivity index (χ0v) is 16.4. The predicted molar refractivity (Wildman–Crippen MR) is 105 cm³/mol. The maximum atomic E-state index is 14.7. The number of rotatable bonds is 6. The molecule has 1 aliphatic rings. The molecule has 0 amide bonds. The summed E-state index contributed by atoms with van der Waals surface area (Å²) in [5, 5.41) is 9.24. The smallest absolute Gasteiger partial charge is 0.307 e. The third-order valence-corrected chi connectivity index (χ3v) is 4.83. The lowest BCUT2D eigenvalue weighted by Gasteiger charge is -2.13. The molecule has 0 heterocycles. The topological polar surface area (TPSA) is 65.0 Å². The van der Waals surface area contributed by atoms with Crippen LogP contribution in [0.3, 0.4) is 0 Å². The number of hydrogen-bond donors (Lipinski definition) is 1. The van der Waals surface area contributed by atoms with Gasteiger partial charge >= 0.3 is 5.97 Å². The van der Waals surface area contributed by atoms with Gasteiger partial charge in [0.1, 0.15) is 11.6 Å². The van der Waals surface area contributed by atoms with Crippen molar-refractivity contribution < 1.29 is 32.9 Å². The summed E-state index contributed by atoms with van der Waals surface area (Å²) >= 11 is 0. The summed E-state index contributed by atoms with van der Waals surface area (Å²) in [6, 6.07) is 5.34. The van der Waals surface area contributed by atoms with Gasteiger partial charge in [0.25, 0.3) is 0 Å². The summed E-state index contributed by atoms with van der Waals surface area (Å²) in [5.41, 5.74) is 2.48. The maximum absolute atomic E-state index is 14.7. The van der Waals surface area contributed by atoms with Crippen molar-refractivity contribution >= 4 is 23.2 Å². The summed E-state index contributed by atoms with van der Waals surface area (Å²) < 4.78 is 44.5. The largest absolute Gasteiger partial charge is 0.493 e. The first-order valence-electron chi connectivity index (χ1n) is 8.74. The van der Waals surface area contributed by atoms with Crippen molar-refractivity contribution in [3.8, 4) is 17.2 Å². The van der Waals surface area contributed by atoms with E-state index in [0.717, 1.165) is 12.1 Å². The van der Waals surface area contributed by atoms with E-state index in [1.807, 2.05) is 0 Å². The Morgan fingerprint density at radius 3 is 2.17 bits per heavy atom. The van der Waals surface area contributed by atoms with Crippen LogP contribution in [-0.2, 0) is 4.79 Å². The number of allylic oxidation sites excluding steroid dienone is 2. The Bertz CT molecular complexity index is 1030. The third-order valence-electron chi connectivity index (χ3n) is 4.83. The second kappa shape index (κ2) is 7.95. The van der Waals surface area contributed by atoms with Crippen LogP contribution in [0.5, 0.6) is 17.2 Å². The highest BCUT2D eigenvalue weighted by Crippen LogP contribution is 2.46. The number of hydrogen-bond acceptors (Lipinski definition) is 4. The Balaban J connectivity index is 2.25. The van der Waals surface area contributed by atoms with Gasteiger partial charge in [-0.2, -0.15) is 0 Å². The second-order valence-electron chi connectivity index (χ2n) is 6.50. The second-order valence-corrected chi connectivity index (χ2v) is 6.50. The average Bonchev–Trinajstić information content (AvgIpc) is 2.92. The molecule has 2 aromatic carbocycles. The van der Waals surface area contributed by atoms with Crippen LogP contribution in [0.4, 0.5) is 8.78 Å². The Morgan fingerprint density at radius 2 is 1.66 bits per heavy atom. The molecule has 7 heteroatoms. The lowest BCUT2D eigenvalue weighted by atomic mass is 9.99. The van der Waals surface area contributed by atoms with Crippen molar-refractivity contribution in [1.29, 1.82) is 0 Å². The molecule has 1 N–H and O–H groups in total. The van der Waals surface area contributed by atoms with Crippen LogP contribution in [0.15, 0.2) is 29.8 Å². The normalized spacial score (nSPS) is 14.2. The van der Waals surface area contributed by atoms with Crippen molar-refractivity contribution in [1.82, 2.24) is 0 Å². The predicted octanol–water partition coefficient (Wildman–Crippen LogP) is 4.79. The molecule has 0 bridgehead atoms. The highest BCUT2D eigenvalue weighted by atomic mass is 19.1. The van der Waals surface area contributed by atoms with Gasteiger partial charge in [0.15, 0.2) is 11.5 Å². The third kappa shape index (κ3) is 3.68. The molecule has 2 aromatic rings. The minimum atomic E-state index is -1.08. The fourth-order valence-electron chi connectivity index (χ4n) is 3.55. The number of halogens is 2. The zero-order valence-electron chi connectivity index (χ0n) is 16.4. The molecule has 0 unspecified atom stereocenters. The molecule has 3 rings (SSSR count). The Morgan fingerprint density at radius 1 is 1.03 bits per heavy atom. The van der Waals surface area contributed by atoms with Gasteiger partial charge < -0.3 is 19.3 Å². The van der Waals surface area contributed by atoms with E-state index >= 15 is 0 Å². The molecule has 0 spiro atoms. The molecule has 29 heavy (non-hydrogen) atoms. The number of fused-ring (bicyclic) bond motifs is 1. The van der Waals surface area contributed by atoms with Gasteiger partial charge in [0.2, 0.25) is 5.75 Å². The van der Waals surface area contributed by atoms with E-state index in [2.05, 4.69) is 0 Å². The molecule has 0 aliphatic heterocycles. The summed E-state index contributed by atoms with van der Waals surface area (Å²) in [6.07, 6.45) is 1.35. The minimum Gasteiger partial charge on any atom is -0.493 e. The Hall–Kier alpha value is -3.35. The number of aliphatic carboxylic acids is 1. The first kappa shape index (κ1) is 20.4. The Labute approximate surface area is 166 Å². The highest BCUT2D eigenvalue weighted by Gasteiger charge is 2.29. The van der Waals surface area contributed by atoms with E-state index < -0.39 is 17.6 Å². The Kier molecular flexibility index (Phi) is 5.59. The molecule has 0 saturated heterocycles. The number of benzene rings is 2. The molecular formula is C22H20F2O5. The van der Waals surface area contributed by atoms with Gasteiger partial charge in [0.05, 0.1) is 27.8 Å². The molecule has 5 nitrogen and oxygen atoms in total. The molecule has 0 atom stereocenters. The highest BCUT2D eigenvalue weighted by molar-refractivity contribution is 6.07. The van der Waals surface area contributed by atoms with Gasteiger partial charge in [-0.05, 0) is 59.0 Å². The van der Waals surface area contributed by atoms with Crippen LogP contribution < -0.4 is 14.2 Å². The molecule has 1 aliphatic carbocycles. The first-order valence-corrected chi connectivity index (χ1v) is 8.74. The molecule has 0 saturated carbocycles. The summed E-state index contributed by atoms with van der Waals surface area (Å²) in [6.45, 7) is 1.69. The van der Waals surface area contributed by atoms with Crippen LogP contribution in [0.25, 0.3) is 17.2 Å². The van der Waals surface area contributed by atoms with Gasteiger partial charge in [-0.25, -0.2) is 8.78 Å². The molecule has 0 fully saturated rings. The summed E-state index contributed by atoms with van der Waals surface area (Å²) in [4.78, 5) is 11.3. The summed E-state index contributed by atoms with van der Waals surface area (Å²) in [5.74, 6) is -1.34. The van der Waals surface area contributed by atoms with Gasteiger partial charge in [-0.3, -0.25) is 4.79 Å². The number of carboxylic acids is 1. The standard InChI is InChI=1S/C22H20F2O5/c1-11-14(10-20(25)26)16-8-13(23)9-17(24)21(16)15(11)5-12-6-18(27-2)22(29-4)19(7-12)28-3/h5-9H,10H2,1-4H3,(H,25,26). The molecule has 152 valence electrons. The van der Waals surface area contributed by atoms with Crippen molar-refractivity contribution in [2.24, 2.45) is 0 Å². The van der Waals surface area contributed by atoms with Gasteiger partial charge in [-0.1, -0.05) is 0 Å². The quantitative estimate of drug-likeness (QED) is 0.752. The van der Waals surface area contributed by atoms with Crippen molar-refractivity contribution in [2.75, 3.05) is 21.3 Å². The number of carboxylic acid groups (broad SMARTS) is 1. The SMILES string of the molecule is COc1cc(C=C2C(C)=C(CC(=O)O)c3cc(F)cc(F)c32)cc(OC)c1OC. The maximum Gasteiger partial charge on any atom is 0.307 e.